The molecule has 4 heteroatoms. The Morgan fingerprint density at radius 3 is 2.75 bits per heavy atom. The second-order valence-electron chi connectivity index (χ2n) is 5.31. The van der Waals surface area contributed by atoms with Crippen molar-refractivity contribution < 1.29 is 9.53 Å². The number of rotatable bonds is 2. The monoisotopic (exact) mass is 270 g/mol. The minimum Gasteiger partial charge on any atom is -0.405 e. The molecule has 2 heterocycles. The molecule has 3 rings (SSSR count). The SMILES string of the molecule is Cc1ccc(C2=N[C@H](C3=NCCCCC3)C(=O)O2)cc1. The molecule has 2 aliphatic heterocycles. The minimum absolute atomic E-state index is 0.291. The van der Waals surface area contributed by atoms with Gasteiger partial charge in [0.25, 0.3) is 0 Å². The minimum atomic E-state index is -0.524. The van der Waals surface area contributed by atoms with Crippen LogP contribution in [0.25, 0.3) is 0 Å². The number of aliphatic imine (C=N–C) groups is 2. The number of hydrogen-bond acceptors (Lipinski definition) is 4. The number of aryl methyl sites for hydroxylation is 1. The first-order valence-electron chi connectivity index (χ1n) is 7.14. The first kappa shape index (κ1) is 13.0. The van der Waals surface area contributed by atoms with Gasteiger partial charge in [0, 0.05) is 17.8 Å². The van der Waals surface area contributed by atoms with Gasteiger partial charge >= 0.3 is 5.97 Å². The number of nitrogens with zero attached hydrogens (tertiary/aromatic N) is 2. The van der Waals surface area contributed by atoms with Crippen LogP contribution in [-0.4, -0.2) is 30.2 Å². The van der Waals surface area contributed by atoms with Crippen LogP contribution in [0.15, 0.2) is 34.3 Å². The van der Waals surface area contributed by atoms with Crippen LogP contribution in [0.2, 0.25) is 0 Å². The Kier molecular flexibility index (Phi) is 3.63. The molecule has 1 atom stereocenters. The second kappa shape index (κ2) is 5.57. The van der Waals surface area contributed by atoms with Gasteiger partial charge in [-0.15, -0.1) is 0 Å². The summed E-state index contributed by atoms with van der Waals surface area (Å²) in [6.45, 7) is 2.82. The van der Waals surface area contributed by atoms with Crippen molar-refractivity contribution in [2.45, 2.75) is 38.6 Å². The average molecular weight is 270 g/mol. The third kappa shape index (κ3) is 2.64. The average Bonchev–Trinajstić information content (AvgIpc) is 2.67. The maximum absolute atomic E-state index is 12.0. The Hall–Kier alpha value is -1.97. The van der Waals surface area contributed by atoms with Gasteiger partial charge in [-0.25, -0.2) is 9.79 Å². The summed E-state index contributed by atoms with van der Waals surface area (Å²) < 4.78 is 5.32. The Bertz CT molecular complexity index is 573. The molecular formula is C16H18N2O2. The van der Waals surface area contributed by atoms with Crippen molar-refractivity contribution in [1.29, 1.82) is 0 Å². The van der Waals surface area contributed by atoms with E-state index in [0.717, 1.165) is 37.1 Å². The van der Waals surface area contributed by atoms with E-state index in [1.165, 1.54) is 12.0 Å². The lowest BCUT2D eigenvalue weighted by molar-refractivity contribution is -0.133. The normalized spacial score (nSPS) is 22.9. The lowest BCUT2D eigenvalue weighted by Gasteiger charge is -2.05. The summed E-state index contributed by atoms with van der Waals surface area (Å²) in [4.78, 5) is 21.0. The predicted octanol–water partition coefficient (Wildman–Crippen LogP) is 2.68. The smallest absolute Gasteiger partial charge is 0.343 e. The van der Waals surface area contributed by atoms with E-state index in [9.17, 15) is 4.79 Å². The molecule has 1 aromatic rings. The number of hydrogen-bond donors (Lipinski definition) is 0. The Balaban J connectivity index is 1.84. The van der Waals surface area contributed by atoms with Crippen LogP contribution in [-0.2, 0) is 9.53 Å². The van der Waals surface area contributed by atoms with Crippen molar-refractivity contribution in [2.24, 2.45) is 9.98 Å². The van der Waals surface area contributed by atoms with Crippen molar-refractivity contribution in [1.82, 2.24) is 0 Å². The number of carbonyl (C=O) groups excluding carboxylic acids is 1. The lowest BCUT2D eigenvalue weighted by Crippen LogP contribution is -2.25. The molecule has 1 aromatic carbocycles. The van der Waals surface area contributed by atoms with E-state index in [2.05, 4.69) is 9.98 Å². The molecule has 0 aliphatic carbocycles. The molecule has 0 fully saturated rings. The van der Waals surface area contributed by atoms with Crippen LogP contribution in [0, 0.1) is 6.92 Å². The van der Waals surface area contributed by atoms with Gasteiger partial charge < -0.3 is 4.74 Å². The summed E-state index contributed by atoms with van der Waals surface area (Å²) in [5, 5.41) is 0. The van der Waals surface area contributed by atoms with Crippen LogP contribution >= 0.6 is 0 Å². The highest BCUT2D eigenvalue weighted by Crippen LogP contribution is 2.19. The van der Waals surface area contributed by atoms with E-state index in [-0.39, 0.29) is 5.97 Å². The molecule has 0 radical (unpaired) electrons. The Morgan fingerprint density at radius 1 is 1.15 bits per heavy atom. The molecule has 0 spiro atoms. The summed E-state index contributed by atoms with van der Waals surface area (Å²) in [5.74, 6) is 0.133. The number of cyclic esters (lactones) is 1. The maximum atomic E-state index is 12.0. The van der Waals surface area contributed by atoms with Gasteiger partial charge in [0.2, 0.25) is 5.90 Å². The van der Waals surface area contributed by atoms with E-state index >= 15 is 0 Å². The van der Waals surface area contributed by atoms with Crippen molar-refractivity contribution in [2.75, 3.05) is 6.54 Å². The van der Waals surface area contributed by atoms with Gasteiger partial charge in [-0.2, -0.15) is 0 Å². The Morgan fingerprint density at radius 2 is 1.95 bits per heavy atom. The third-order valence-electron chi connectivity index (χ3n) is 3.69. The molecule has 20 heavy (non-hydrogen) atoms. The molecule has 0 saturated heterocycles. The highest BCUT2D eigenvalue weighted by molar-refractivity contribution is 6.16. The highest BCUT2D eigenvalue weighted by atomic mass is 16.6. The maximum Gasteiger partial charge on any atom is 0.343 e. The van der Waals surface area contributed by atoms with Crippen LogP contribution in [0.1, 0.15) is 36.8 Å². The van der Waals surface area contributed by atoms with E-state index < -0.39 is 6.04 Å². The number of ether oxygens (including phenoxy) is 1. The summed E-state index contributed by atoms with van der Waals surface area (Å²) >= 11 is 0. The van der Waals surface area contributed by atoms with Gasteiger partial charge in [-0.3, -0.25) is 4.99 Å². The molecule has 0 unspecified atom stereocenters. The summed E-state index contributed by atoms with van der Waals surface area (Å²) in [5.41, 5.74) is 2.90. The van der Waals surface area contributed by atoms with Gasteiger partial charge in [0.05, 0.1) is 0 Å². The van der Waals surface area contributed by atoms with E-state index in [4.69, 9.17) is 4.74 Å². The van der Waals surface area contributed by atoms with Gasteiger partial charge in [-0.1, -0.05) is 24.1 Å². The highest BCUT2D eigenvalue weighted by Gasteiger charge is 2.33. The van der Waals surface area contributed by atoms with Crippen LogP contribution in [0.3, 0.4) is 0 Å². The van der Waals surface area contributed by atoms with Crippen molar-refractivity contribution >= 4 is 17.6 Å². The molecule has 0 amide bonds. The summed E-state index contributed by atoms with van der Waals surface area (Å²) in [6.07, 6.45) is 4.20. The summed E-state index contributed by atoms with van der Waals surface area (Å²) in [7, 11) is 0. The quantitative estimate of drug-likeness (QED) is 0.776. The Labute approximate surface area is 118 Å². The van der Waals surface area contributed by atoms with E-state index in [0.29, 0.717) is 5.90 Å². The first-order valence-corrected chi connectivity index (χ1v) is 7.14. The second-order valence-corrected chi connectivity index (χ2v) is 5.31. The number of benzene rings is 1. The van der Waals surface area contributed by atoms with Gasteiger partial charge in [0.1, 0.15) is 0 Å². The zero-order valence-electron chi connectivity index (χ0n) is 11.6. The van der Waals surface area contributed by atoms with Crippen LogP contribution < -0.4 is 0 Å². The molecular weight excluding hydrogens is 252 g/mol. The molecule has 2 aliphatic rings. The number of carbonyl (C=O) groups is 1. The zero-order valence-corrected chi connectivity index (χ0v) is 11.6. The number of esters is 1. The van der Waals surface area contributed by atoms with Crippen molar-refractivity contribution in [3.8, 4) is 0 Å². The third-order valence-corrected chi connectivity index (χ3v) is 3.69. The summed E-state index contributed by atoms with van der Waals surface area (Å²) in [6, 6.07) is 7.31. The van der Waals surface area contributed by atoms with Gasteiger partial charge in [0.15, 0.2) is 6.04 Å². The topological polar surface area (TPSA) is 51.0 Å². The fraction of sp³-hybridized carbons (Fsp3) is 0.438. The molecule has 0 aromatic heterocycles. The zero-order chi connectivity index (χ0) is 13.9. The first-order chi connectivity index (χ1) is 9.74. The molecule has 0 N–H and O–H groups in total. The van der Waals surface area contributed by atoms with Crippen LogP contribution in [0.4, 0.5) is 0 Å². The van der Waals surface area contributed by atoms with Crippen molar-refractivity contribution in [3.05, 3.63) is 35.4 Å². The fourth-order valence-corrected chi connectivity index (χ4v) is 2.51. The van der Waals surface area contributed by atoms with E-state index in [1.807, 2.05) is 31.2 Å². The molecule has 0 bridgehead atoms. The predicted molar refractivity (Wildman–Crippen MR) is 78.4 cm³/mol. The van der Waals surface area contributed by atoms with E-state index in [1.54, 1.807) is 0 Å². The van der Waals surface area contributed by atoms with Gasteiger partial charge in [-0.05, 0) is 38.3 Å². The molecule has 4 nitrogen and oxygen atoms in total. The fourth-order valence-electron chi connectivity index (χ4n) is 2.51. The lowest BCUT2D eigenvalue weighted by atomic mass is 10.1. The largest absolute Gasteiger partial charge is 0.405 e. The molecule has 104 valence electrons. The standard InChI is InChI=1S/C16H18N2O2/c1-11-6-8-12(9-7-11)15-18-14(16(19)20-15)13-5-3-2-4-10-17-13/h6-9,14H,2-5,10H2,1H3/t14-/m1/s1. The molecule has 0 saturated carbocycles. The van der Waals surface area contributed by atoms with Crippen LogP contribution in [0.5, 0.6) is 0 Å². The van der Waals surface area contributed by atoms with Crippen molar-refractivity contribution in [3.63, 3.8) is 0 Å².